The van der Waals surface area contributed by atoms with Gasteiger partial charge in [-0.2, -0.15) is 0 Å². The lowest BCUT2D eigenvalue weighted by atomic mass is 10.1. The Bertz CT molecular complexity index is 891. The molecule has 0 unspecified atom stereocenters. The third-order valence-corrected chi connectivity index (χ3v) is 5.81. The van der Waals surface area contributed by atoms with E-state index in [-0.39, 0.29) is 27.4 Å². The summed E-state index contributed by atoms with van der Waals surface area (Å²) in [4.78, 5) is 12.4. The molecule has 0 aromatic heterocycles. The maximum Gasteiger partial charge on any atom is 0.251 e. The molecule has 0 aliphatic rings. The maximum absolute atomic E-state index is 12.6. The first-order valence-corrected chi connectivity index (χ1v) is 10.0. The Morgan fingerprint density at radius 2 is 1.69 bits per heavy atom. The van der Waals surface area contributed by atoms with E-state index in [0.717, 1.165) is 5.56 Å². The molecule has 2 aromatic rings. The number of carbonyl (C=O) groups is 1. The zero-order valence-electron chi connectivity index (χ0n) is 15.2. The first kappa shape index (κ1) is 20.4. The molecular weight excluding hydrogens is 372 g/mol. The number of amides is 1. The summed E-state index contributed by atoms with van der Waals surface area (Å²) in [6.45, 7) is 7.06. The predicted molar refractivity (Wildman–Crippen MR) is 104 cm³/mol. The number of carbonyl (C=O) groups excluding carboxylic acids is 1. The zero-order valence-corrected chi connectivity index (χ0v) is 16.8. The molecule has 0 spiro atoms. The minimum Gasteiger partial charge on any atom is -0.346 e. The summed E-state index contributed by atoms with van der Waals surface area (Å²) in [5, 5.41) is 2.93. The van der Waals surface area contributed by atoms with E-state index in [1.807, 2.05) is 37.3 Å². The Morgan fingerprint density at radius 1 is 1.08 bits per heavy atom. The summed E-state index contributed by atoms with van der Waals surface area (Å²) in [6.07, 6.45) is 0. The number of benzene rings is 2. The van der Waals surface area contributed by atoms with E-state index in [1.165, 1.54) is 18.2 Å². The van der Waals surface area contributed by atoms with Crippen molar-refractivity contribution in [3.8, 4) is 0 Å². The highest BCUT2D eigenvalue weighted by Crippen LogP contribution is 2.24. The molecule has 0 fully saturated rings. The summed E-state index contributed by atoms with van der Waals surface area (Å²) in [5.41, 5.74) is 0.519. The van der Waals surface area contributed by atoms with Crippen molar-refractivity contribution >= 4 is 27.5 Å². The number of halogens is 1. The van der Waals surface area contributed by atoms with E-state index < -0.39 is 15.6 Å². The SMILES string of the molecule is C[C@H](NC(=O)c1ccc(Cl)c(S(=O)(=O)NC(C)(C)C)c1)c1ccccc1. The highest BCUT2D eigenvalue weighted by molar-refractivity contribution is 7.89. The van der Waals surface area contributed by atoms with Gasteiger partial charge in [0.2, 0.25) is 10.0 Å². The van der Waals surface area contributed by atoms with E-state index >= 15 is 0 Å². The molecule has 0 aliphatic heterocycles. The van der Waals surface area contributed by atoms with Gasteiger partial charge in [0, 0.05) is 11.1 Å². The maximum atomic E-state index is 12.6. The van der Waals surface area contributed by atoms with Crippen LogP contribution in [-0.4, -0.2) is 19.9 Å². The third-order valence-electron chi connectivity index (χ3n) is 3.57. The molecule has 0 saturated heterocycles. The van der Waals surface area contributed by atoms with Crippen molar-refractivity contribution in [2.24, 2.45) is 0 Å². The normalized spacial score (nSPS) is 13.3. The number of hydrogen-bond acceptors (Lipinski definition) is 3. The molecule has 5 nitrogen and oxygen atoms in total. The van der Waals surface area contributed by atoms with Crippen LogP contribution in [0.15, 0.2) is 53.4 Å². The van der Waals surface area contributed by atoms with E-state index in [1.54, 1.807) is 20.8 Å². The molecule has 7 heteroatoms. The Kier molecular flexibility index (Phi) is 6.11. The highest BCUT2D eigenvalue weighted by Gasteiger charge is 2.25. The predicted octanol–water partition coefficient (Wildman–Crippen LogP) is 3.91. The summed E-state index contributed by atoms with van der Waals surface area (Å²) in [5.74, 6) is -0.370. The summed E-state index contributed by atoms with van der Waals surface area (Å²) in [7, 11) is -3.85. The molecule has 140 valence electrons. The molecule has 2 aromatic carbocycles. The number of sulfonamides is 1. The van der Waals surface area contributed by atoms with Crippen LogP contribution in [0.25, 0.3) is 0 Å². The Balaban J connectivity index is 2.27. The average molecular weight is 395 g/mol. The van der Waals surface area contributed by atoms with E-state index in [0.29, 0.717) is 0 Å². The van der Waals surface area contributed by atoms with Crippen molar-refractivity contribution < 1.29 is 13.2 Å². The van der Waals surface area contributed by atoms with Gasteiger partial charge < -0.3 is 5.32 Å². The van der Waals surface area contributed by atoms with Crippen LogP contribution in [0, 0.1) is 0 Å². The van der Waals surface area contributed by atoms with Gasteiger partial charge >= 0.3 is 0 Å². The van der Waals surface area contributed by atoms with Gasteiger partial charge in [-0.25, -0.2) is 13.1 Å². The smallest absolute Gasteiger partial charge is 0.251 e. The molecule has 0 saturated carbocycles. The Hall–Kier alpha value is -1.89. The van der Waals surface area contributed by atoms with Crippen molar-refractivity contribution in [2.75, 3.05) is 0 Å². The monoisotopic (exact) mass is 394 g/mol. The first-order valence-electron chi connectivity index (χ1n) is 8.19. The molecule has 1 atom stereocenters. The van der Waals surface area contributed by atoms with Crippen LogP contribution in [0.4, 0.5) is 0 Å². The largest absolute Gasteiger partial charge is 0.346 e. The van der Waals surface area contributed by atoms with Crippen LogP contribution in [0.1, 0.15) is 49.7 Å². The molecule has 2 rings (SSSR count). The van der Waals surface area contributed by atoms with Crippen LogP contribution in [0.2, 0.25) is 5.02 Å². The summed E-state index contributed by atoms with van der Waals surface area (Å²) < 4.78 is 27.7. The van der Waals surface area contributed by atoms with Crippen molar-refractivity contribution in [2.45, 2.75) is 44.2 Å². The van der Waals surface area contributed by atoms with Gasteiger partial charge in [-0.3, -0.25) is 4.79 Å². The summed E-state index contributed by atoms with van der Waals surface area (Å²) in [6, 6.07) is 13.5. The Labute approximate surface area is 159 Å². The van der Waals surface area contributed by atoms with Gasteiger partial charge in [0.1, 0.15) is 4.90 Å². The van der Waals surface area contributed by atoms with Crippen molar-refractivity contribution in [1.82, 2.24) is 10.0 Å². The van der Waals surface area contributed by atoms with Crippen LogP contribution < -0.4 is 10.0 Å². The topological polar surface area (TPSA) is 75.3 Å². The fourth-order valence-corrected chi connectivity index (χ4v) is 4.36. The van der Waals surface area contributed by atoms with Crippen molar-refractivity contribution in [1.29, 1.82) is 0 Å². The van der Waals surface area contributed by atoms with Gasteiger partial charge in [-0.05, 0) is 51.5 Å². The lowest BCUT2D eigenvalue weighted by Crippen LogP contribution is -2.40. The minimum absolute atomic E-state index is 0.0643. The molecule has 2 N–H and O–H groups in total. The van der Waals surface area contributed by atoms with Crippen LogP contribution >= 0.6 is 11.6 Å². The van der Waals surface area contributed by atoms with Crippen LogP contribution in [-0.2, 0) is 10.0 Å². The van der Waals surface area contributed by atoms with Gasteiger partial charge in [-0.15, -0.1) is 0 Å². The van der Waals surface area contributed by atoms with Crippen molar-refractivity contribution in [3.63, 3.8) is 0 Å². The fraction of sp³-hybridized carbons (Fsp3) is 0.316. The molecule has 0 radical (unpaired) electrons. The average Bonchev–Trinajstić information content (AvgIpc) is 2.53. The second kappa shape index (κ2) is 7.78. The quantitative estimate of drug-likeness (QED) is 0.807. The number of hydrogen-bond donors (Lipinski definition) is 2. The van der Waals surface area contributed by atoms with Gasteiger partial charge in [-0.1, -0.05) is 41.9 Å². The van der Waals surface area contributed by atoms with Gasteiger partial charge in [0.25, 0.3) is 5.91 Å². The Morgan fingerprint density at radius 3 is 2.27 bits per heavy atom. The number of nitrogens with one attached hydrogen (secondary N) is 2. The van der Waals surface area contributed by atoms with E-state index in [4.69, 9.17) is 11.6 Å². The number of rotatable bonds is 5. The van der Waals surface area contributed by atoms with Crippen molar-refractivity contribution in [3.05, 3.63) is 64.7 Å². The standard InChI is InChI=1S/C19H23ClN2O3S/c1-13(14-8-6-5-7-9-14)21-18(23)15-10-11-16(20)17(12-15)26(24,25)22-19(2,3)4/h5-13,22H,1-4H3,(H,21,23)/t13-/m0/s1. The summed E-state index contributed by atoms with van der Waals surface area (Å²) >= 11 is 6.07. The third kappa shape index (κ3) is 5.30. The molecule has 1 amide bonds. The molecule has 0 heterocycles. The van der Waals surface area contributed by atoms with Gasteiger partial charge in [0.05, 0.1) is 11.1 Å². The molecule has 26 heavy (non-hydrogen) atoms. The highest BCUT2D eigenvalue weighted by atomic mass is 35.5. The van der Waals surface area contributed by atoms with Crippen LogP contribution in [0.5, 0.6) is 0 Å². The first-order chi connectivity index (χ1) is 12.0. The van der Waals surface area contributed by atoms with E-state index in [9.17, 15) is 13.2 Å². The minimum atomic E-state index is -3.85. The molecule has 0 aliphatic carbocycles. The zero-order chi connectivity index (χ0) is 19.5. The van der Waals surface area contributed by atoms with Crippen LogP contribution in [0.3, 0.4) is 0 Å². The lowest BCUT2D eigenvalue weighted by Gasteiger charge is -2.21. The molecular formula is C19H23ClN2O3S. The second-order valence-corrected chi connectivity index (χ2v) is 9.16. The lowest BCUT2D eigenvalue weighted by molar-refractivity contribution is 0.0939. The van der Waals surface area contributed by atoms with Gasteiger partial charge in [0.15, 0.2) is 0 Å². The molecule has 0 bridgehead atoms. The second-order valence-electron chi connectivity index (χ2n) is 7.11. The fourth-order valence-electron chi connectivity index (χ4n) is 2.41. The van der Waals surface area contributed by atoms with E-state index in [2.05, 4.69) is 10.0 Å².